The Morgan fingerprint density at radius 2 is 1.74 bits per heavy atom. The van der Waals surface area contributed by atoms with Crippen LogP contribution in [0.4, 0.5) is 4.39 Å². The Labute approximate surface area is 156 Å². The lowest BCUT2D eigenvalue weighted by Crippen LogP contribution is -2.30. The monoisotopic (exact) mass is 394 g/mol. The number of primary sulfonamides is 1. The van der Waals surface area contributed by atoms with Gasteiger partial charge in [0.15, 0.2) is 6.61 Å². The molecule has 2 aromatic rings. The molecule has 2 aromatic carbocycles. The third kappa shape index (κ3) is 6.80. The molecule has 0 aliphatic rings. The first-order chi connectivity index (χ1) is 12.8. The van der Waals surface area contributed by atoms with Gasteiger partial charge in [-0.05, 0) is 35.7 Å². The molecule has 1 amide bonds. The van der Waals surface area contributed by atoms with Crippen molar-refractivity contribution < 1.29 is 27.1 Å². The van der Waals surface area contributed by atoms with Crippen LogP contribution in [0, 0.1) is 5.82 Å². The van der Waals surface area contributed by atoms with Crippen LogP contribution in [-0.4, -0.2) is 33.4 Å². The van der Waals surface area contributed by atoms with Crippen molar-refractivity contribution in [2.45, 2.75) is 17.7 Å². The van der Waals surface area contributed by atoms with E-state index in [1.165, 1.54) is 30.3 Å². The predicted molar refractivity (Wildman–Crippen MR) is 95.6 cm³/mol. The first-order valence-electron chi connectivity index (χ1n) is 8.03. The molecule has 144 valence electrons. The molecule has 0 atom stereocenters. The summed E-state index contributed by atoms with van der Waals surface area (Å²) in [5, 5.41) is 7.59. The average molecular weight is 394 g/mol. The van der Waals surface area contributed by atoms with Crippen LogP contribution >= 0.6 is 0 Å². The fraction of sp³-hybridized carbons (Fsp3) is 0.222. The largest absolute Gasteiger partial charge is 0.455 e. The standard InChI is InChI=1S/C18H19FN2O5S/c19-16-4-2-1-3-14(16)11-18(23)26-12-17(22)21-10-9-13-5-7-15(8-6-13)27(20,24)25/h1-8H,9-12H2,(H,21,22)(H2,20,24,25). The van der Waals surface area contributed by atoms with Crippen LogP contribution in [0.15, 0.2) is 53.4 Å². The molecule has 3 N–H and O–H groups in total. The average Bonchev–Trinajstić information content (AvgIpc) is 2.62. The highest BCUT2D eigenvalue weighted by Crippen LogP contribution is 2.09. The number of benzene rings is 2. The second kappa shape index (κ2) is 9.24. The van der Waals surface area contributed by atoms with E-state index in [-0.39, 0.29) is 23.4 Å². The van der Waals surface area contributed by atoms with Gasteiger partial charge in [0.1, 0.15) is 5.82 Å². The molecule has 0 aromatic heterocycles. The molecule has 0 aliphatic carbocycles. The molecule has 0 heterocycles. The van der Waals surface area contributed by atoms with Crippen molar-refractivity contribution in [3.05, 3.63) is 65.5 Å². The van der Waals surface area contributed by atoms with Crippen LogP contribution in [0.5, 0.6) is 0 Å². The summed E-state index contributed by atoms with van der Waals surface area (Å²) in [6, 6.07) is 11.8. The Morgan fingerprint density at radius 3 is 2.37 bits per heavy atom. The number of esters is 1. The molecule has 0 saturated carbocycles. The van der Waals surface area contributed by atoms with E-state index in [1.807, 2.05) is 0 Å². The maximum Gasteiger partial charge on any atom is 0.310 e. The van der Waals surface area contributed by atoms with Gasteiger partial charge in [-0.3, -0.25) is 9.59 Å². The summed E-state index contributed by atoms with van der Waals surface area (Å²) in [6.07, 6.45) is 0.205. The van der Waals surface area contributed by atoms with Gasteiger partial charge in [0, 0.05) is 6.54 Å². The van der Waals surface area contributed by atoms with E-state index in [1.54, 1.807) is 18.2 Å². The molecule has 0 unspecified atom stereocenters. The highest BCUT2D eigenvalue weighted by molar-refractivity contribution is 7.89. The summed E-state index contributed by atoms with van der Waals surface area (Å²) in [5.74, 6) is -1.70. The van der Waals surface area contributed by atoms with Gasteiger partial charge >= 0.3 is 5.97 Å². The first kappa shape index (κ1) is 20.5. The topological polar surface area (TPSA) is 116 Å². The van der Waals surface area contributed by atoms with Crippen LogP contribution in [-0.2, 0) is 37.2 Å². The second-order valence-electron chi connectivity index (χ2n) is 5.72. The molecule has 0 saturated heterocycles. The zero-order chi connectivity index (χ0) is 19.9. The van der Waals surface area contributed by atoms with E-state index in [2.05, 4.69) is 5.32 Å². The van der Waals surface area contributed by atoms with Crippen LogP contribution in [0.25, 0.3) is 0 Å². The molecule has 27 heavy (non-hydrogen) atoms. The van der Waals surface area contributed by atoms with Crippen molar-refractivity contribution in [1.82, 2.24) is 5.32 Å². The summed E-state index contributed by atoms with van der Waals surface area (Å²) in [6.45, 7) is -0.184. The maximum absolute atomic E-state index is 13.4. The SMILES string of the molecule is NS(=O)(=O)c1ccc(CCNC(=O)COC(=O)Cc2ccccc2F)cc1. The van der Waals surface area contributed by atoms with Gasteiger partial charge in [-0.2, -0.15) is 0 Å². The van der Waals surface area contributed by atoms with Gasteiger partial charge in [-0.25, -0.2) is 17.9 Å². The molecule has 0 aliphatic heterocycles. The van der Waals surface area contributed by atoms with E-state index in [4.69, 9.17) is 9.88 Å². The number of sulfonamides is 1. The second-order valence-corrected chi connectivity index (χ2v) is 7.28. The summed E-state index contributed by atoms with van der Waals surface area (Å²) in [7, 11) is -3.74. The van der Waals surface area contributed by atoms with Crippen molar-refractivity contribution in [2.75, 3.05) is 13.2 Å². The van der Waals surface area contributed by atoms with Gasteiger partial charge < -0.3 is 10.1 Å². The van der Waals surface area contributed by atoms with Crippen LogP contribution < -0.4 is 10.5 Å². The molecule has 7 nitrogen and oxygen atoms in total. The van der Waals surface area contributed by atoms with Gasteiger partial charge in [0.05, 0.1) is 11.3 Å². The Bertz CT molecular complexity index is 914. The predicted octanol–water partition coefficient (Wildman–Crippen LogP) is 0.918. The Morgan fingerprint density at radius 1 is 1.07 bits per heavy atom. The molecular weight excluding hydrogens is 375 g/mol. The minimum absolute atomic E-state index is 0.0112. The third-order valence-corrected chi connectivity index (χ3v) is 4.57. The Kier molecular flexibility index (Phi) is 7.03. The van der Waals surface area contributed by atoms with Crippen molar-refractivity contribution >= 4 is 21.9 Å². The van der Waals surface area contributed by atoms with Gasteiger partial charge in [0.25, 0.3) is 5.91 Å². The van der Waals surface area contributed by atoms with Gasteiger partial charge in [-0.15, -0.1) is 0 Å². The summed E-state index contributed by atoms with van der Waals surface area (Å²) >= 11 is 0. The number of rotatable bonds is 8. The van der Waals surface area contributed by atoms with Crippen molar-refractivity contribution in [1.29, 1.82) is 0 Å². The molecule has 0 radical (unpaired) electrons. The van der Waals surface area contributed by atoms with Gasteiger partial charge in [-0.1, -0.05) is 30.3 Å². The normalized spacial score (nSPS) is 11.0. The lowest BCUT2D eigenvalue weighted by atomic mass is 10.1. The third-order valence-electron chi connectivity index (χ3n) is 3.64. The van der Waals surface area contributed by atoms with E-state index in [9.17, 15) is 22.4 Å². The van der Waals surface area contributed by atoms with Gasteiger partial charge in [0.2, 0.25) is 10.0 Å². The fourth-order valence-electron chi connectivity index (χ4n) is 2.24. The minimum Gasteiger partial charge on any atom is -0.455 e. The number of hydrogen-bond donors (Lipinski definition) is 2. The van der Waals surface area contributed by atoms with Crippen LogP contribution in [0.2, 0.25) is 0 Å². The Hall–Kier alpha value is -2.78. The smallest absolute Gasteiger partial charge is 0.310 e. The van der Waals surface area contributed by atoms with Crippen molar-refractivity contribution in [3.63, 3.8) is 0 Å². The molecular formula is C18H19FN2O5S. The Balaban J connectivity index is 1.70. The van der Waals surface area contributed by atoms with Crippen molar-refractivity contribution in [2.24, 2.45) is 5.14 Å². The first-order valence-corrected chi connectivity index (χ1v) is 9.58. The van der Waals surface area contributed by atoms with Crippen LogP contribution in [0.3, 0.4) is 0 Å². The number of ether oxygens (including phenoxy) is 1. The number of carbonyl (C=O) groups excluding carboxylic acids is 2. The number of nitrogens with one attached hydrogen (secondary N) is 1. The lowest BCUT2D eigenvalue weighted by Gasteiger charge is -2.07. The van der Waals surface area contributed by atoms with E-state index < -0.39 is 34.3 Å². The minimum atomic E-state index is -3.74. The van der Waals surface area contributed by atoms with E-state index in [0.717, 1.165) is 5.56 Å². The summed E-state index contributed by atoms with van der Waals surface area (Å²) in [5.41, 5.74) is 1.00. The van der Waals surface area contributed by atoms with Crippen molar-refractivity contribution in [3.8, 4) is 0 Å². The molecule has 2 rings (SSSR count). The molecule has 0 bridgehead atoms. The summed E-state index contributed by atoms with van der Waals surface area (Å²) in [4.78, 5) is 23.3. The number of amides is 1. The highest BCUT2D eigenvalue weighted by Gasteiger charge is 2.11. The zero-order valence-corrected chi connectivity index (χ0v) is 15.2. The number of hydrogen-bond acceptors (Lipinski definition) is 5. The fourth-order valence-corrected chi connectivity index (χ4v) is 2.75. The van der Waals surface area contributed by atoms with E-state index in [0.29, 0.717) is 6.42 Å². The zero-order valence-electron chi connectivity index (χ0n) is 14.4. The molecule has 0 fully saturated rings. The quantitative estimate of drug-likeness (QED) is 0.646. The summed E-state index contributed by atoms with van der Waals surface area (Å²) < 4.78 is 40.6. The lowest BCUT2D eigenvalue weighted by molar-refractivity contribution is -0.147. The number of nitrogens with two attached hydrogens (primary N) is 1. The van der Waals surface area contributed by atoms with E-state index >= 15 is 0 Å². The highest BCUT2D eigenvalue weighted by atomic mass is 32.2. The van der Waals surface area contributed by atoms with Crippen LogP contribution in [0.1, 0.15) is 11.1 Å². The number of halogens is 1. The number of carbonyl (C=O) groups is 2. The molecule has 9 heteroatoms. The molecule has 0 spiro atoms. The maximum atomic E-state index is 13.4.